The van der Waals surface area contributed by atoms with Gasteiger partial charge in [0.1, 0.15) is 5.60 Å². The number of allylic oxidation sites excluding steroid dienone is 1. The van der Waals surface area contributed by atoms with Crippen molar-refractivity contribution < 1.29 is 14.6 Å². The second-order valence-electron chi connectivity index (χ2n) is 4.28. The Morgan fingerprint density at radius 1 is 1.71 bits per heavy atom. The molecule has 1 aliphatic rings. The monoisotopic (exact) mass is 198 g/mol. The molecule has 0 aromatic carbocycles. The van der Waals surface area contributed by atoms with Gasteiger partial charge in [-0.2, -0.15) is 0 Å². The molecule has 1 saturated carbocycles. The molecule has 3 heteroatoms. The van der Waals surface area contributed by atoms with Gasteiger partial charge in [0.2, 0.25) is 0 Å². The van der Waals surface area contributed by atoms with Gasteiger partial charge >= 0.3 is 0 Å². The topological polar surface area (TPSA) is 46.5 Å². The molecule has 0 bridgehead atoms. The number of aliphatic hydroxyl groups is 1. The Morgan fingerprint density at radius 2 is 2.29 bits per heavy atom. The van der Waals surface area contributed by atoms with E-state index in [1.807, 2.05) is 6.92 Å². The minimum absolute atomic E-state index is 0.146. The zero-order chi connectivity index (χ0) is 10.9. The van der Waals surface area contributed by atoms with Gasteiger partial charge in [0.05, 0.1) is 6.10 Å². The molecule has 3 nitrogen and oxygen atoms in total. The molecule has 3 unspecified atom stereocenters. The highest BCUT2D eigenvalue weighted by Gasteiger charge is 2.45. The first-order valence-electron chi connectivity index (χ1n) is 4.83. The molecule has 1 rings (SSSR count). The van der Waals surface area contributed by atoms with Crippen molar-refractivity contribution in [3.8, 4) is 0 Å². The molecule has 0 aliphatic heterocycles. The first-order valence-corrected chi connectivity index (χ1v) is 4.83. The number of hydrogen-bond acceptors (Lipinski definition) is 3. The number of ether oxygens (including phenoxy) is 1. The minimum atomic E-state index is -1.33. The number of methoxy groups -OCH3 is 1. The standard InChI is InChI=1S/C11H18O3/c1-7(2)8-5-9(12)11(3,13)10(6-8)14-4/h8,10,13H,1,5-6H2,2-4H3. The summed E-state index contributed by atoms with van der Waals surface area (Å²) in [6.07, 6.45) is 0.637. The molecule has 0 aromatic rings. The second-order valence-corrected chi connectivity index (χ2v) is 4.28. The first kappa shape index (κ1) is 11.4. The van der Waals surface area contributed by atoms with Gasteiger partial charge in [-0.3, -0.25) is 4.79 Å². The number of ketones is 1. The summed E-state index contributed by atoms with van der Waals surface area (Å²) in [5.41, 5.74) is -0.350. The third-order valence-corrected chi connectivity index (χ3v) is 3.10. The average molecular weight is 198 g/mol. The summed E-state index contributed by atoms with van der Waals surface area (Å²) in [5.74, 6) is -0.00345. The zero-order valence-electron chi connectivity index (χ0n) is 9.04. The number of rotatable bonds is 2. The molecule has 1 fully saturated rings. The fourth-order valence-corrected chi connectivity index (χ4v) is 1.88. The normalized spacial score (nSPS) is 38.4. The Hall–Kier alpha value is -0.670. The fourth-order valence-electron chi connectivity index (χ4n) is 1.88. The molecular formula is C11H18O3. The highest BCUT2D eigenvalue weighted by atomic mass is 16.5. The van der Waals surface area contributed by atoms with E-state index in [0.29, 0.717) is 12.8 Å². The van der Waals surface area contributed by atoms with Crippen LogP contribution >= 0.6 is 0 Å². The lowest BCUT2D eigenvalue weighted by Gasteiger charge is -2.38. The van der Waals surface area contributed by atoms with Crippen LogP contribution in [-0.4, -0.2) is 29.7 Å². The van der Waals surface area contributed by atoms with E-state index in [9.17, 15) is 9.90 Å². The van der Waals surface area contributed by atoms with Crippen LogP contribution in [0, 0.1) is 5.92 Å². The summed E-state index contributed by atoms with van der Waals surface area (Å²) in [5, 5.41) is 9.90. The van der Waals surface area contributed by atoms with E-state index in [0.717, 1.165) is 5.57 Å². The maximum absolute atomic E-state index is 11.6. The van der Waals surface area contributed by atoms with Crippen LogP contribution in [0.2, 0.25) is 0 Å². The van der Waals surface area contributed by atoms with E-state index in [4.69, 9.17) is 4.74 Å². The molecule has 80 valence electrons. The SMILES string of the molecule is C=C(C)C1CC(=O)C(C)(O)C(OC)C1. The Balaban J connectivity index is 2.84. The molecular weight excluding hydrogens is 180 g/mol. The summed E-state index contributed by atoms with van der Waals surface area (Å²) in [6.45, 7) is 7.27. The Morgan fingerprint density at radius 3 is 2.71 bits per heavy atom. The summed E-state index contributed by atoms with van der Waals surface area (Å²) < 4.78 is 5.15. The van der Waals surface area contributed by atoms with E-state index >= 15 is 0 Å². The average Bonchev–Trinajstić information content (AvgIpc) is 2.09. The first-order chi connectivity index (χ1) is 6.39. The number of carbonyl (C=O) groups excluding carboxylic acids is 1. The highest BCUT2D eigenvalue weighted by molar-refractivity contribution is 5.88. The van der Waals surface area contributed by atoms with Crippen molar-refractivity contribution in [3.05, 3.63) is 12.2 Å². The van der Waals surface area contributed by atoms with E-state index in [1.54, 1.807) is 0 Å². The van der Waals surface area contributed by atoms with Gasteiger partial charge in [-0.25, -0.2) is 0 Å². The van der Waals surface area contributed by atoms with Crippen molar-refractivity contribution in [3.63, 3.8) is 0 Å². The Labute approximate surface area is 84.8 Å². The molecule has 3 atom stereocenters. The molecule has 0 radical (unpaired) electrons. The van der Waals surface area contributed by atoms with Crippen molar-refractivity contribution in [2.45, 2.75) is 38.4 Å². The largest absolute Gasteiger partial charge is 0.380 e. The van der Waals surface area contributed by atoms with Gasteiger partial charge in [0, 0.05) is 13.5 Å². The van der Waals surface area contributed by atoms with Crippen LogP contribution in [0.25, 0.3) is 0 Å². The molecule has 1 N–H and O–H groups in total. The highest BCUT2D eigenvalue weighted by Crippen LogP contribution is 2.34. The van der Waals surface area contributed by atoms with Crippen LogP contribution in [0.3, 0.4) is 0 Å². The van der Waals surface area contributed by atoms with Crippen molar-refractivity contribution in [2.24, 2.45) is 5.92 Å². The summed E-state index contributed by atoms with van der Waals surface area (Å²) in [7, 11) is 1.52. The van der Waals surface area contributed by atoms with E-state index in [2.05, 4.69) is 6.58 Å². The predicted octanol–water partition coefficient (Wildman–Crippen LogP) is 1.31. The van der Waals surface area contributed by atoms with Crippen molar-refractivity contribution >= 4 is 5.78 Å². The second kappa shape index (κ2) is 3.83. The van der Waals surface area contributed by atoms with Crippen molar-refractivity contribution in [1.29, 1.82) is 0 Å². The quantitative estimate of drug-likeness (QED) is 0.680. The zero-order valence-corrected chi connectivity index (χ0v) is 9.04. The number of hydrogen-bond donors (Lipinski definition) is 1. The minimum Gasteiger partial charge on any atom is -0.380 e. The molecule has 0 aromatic heterocycles. The van der Waals surface area contributed by atoms with Gasteiger partial charge in [0.15, 0.2) is 5.78 Å². The van der Waals surface area contributed by atoms with E-state index in [-0.39, 0.29) is 11.7 Å². The summed E-state index contributed by atoms with van der Waals surface area (Å²) in [4.78, 5) is 11.6. The molecule has 0 heterocycles. The number of carbonyl (C=O) groups is 1. The van der Waals surface area contributed by atoms with Gasteiger partial charge in [-0.1, -0.05) is 12.2 Å². The van der Waals surface area contributed by atoms with Crippen molar-refractivity contribution in [1.82, 2.24) is 0 Å². The van der Waals surface area contributed by atoms with Gasteiger partial charge in [-0.15, -0.1) is 0 Å². The van der Waals surface area contributed by atoms with Gasteiger partial charge in [-0.05, 0) is 26.2 Å². The maximum Gasteiger partial charge on any atom is 0.167 e. The van der Waals surface area contributed by atoms with Gasteiger partial charge in [0.25, 0.3) is 0 Å². The van der Waals surface area contributed by atoms with E-state index in [1.165, 1.54) is 14.0 Å². The molecule has 0 spiro atoms. The Kier molecular flexibility index (Phi) is 3.12. The van der Waals surface area contributed by atoms with Crippen LogP contribution in [0.4, 0.5) is 0 Å². The van der Waals surface area contributed by atoms with Crippen LogP contribution in [-0.2, 0) is 9.53 Å². The van der Waals surface area contributed by atoms with Crippen molar-refractivity contribution in [2.75, 3.05) is 7.11 Å². The summed E-state index contributed by atoms with van der Waals surface area (Å²) in [6, 6.07) is 0. The van der Waals surface area contributed by atoms with Crippen LogP contribution in [0.15, 0.2) is 12.2 Å². The fraction of sp³-hybridized carbons (Fsp3) is 0.727. The van der Waals surface area contributed by atoms with Gasteiger partial charge < -0.3 is 9.84 Å². The third kappa shape index (κ3) is 1.88. The molecule has 0 saturated heterocycles. The van der Waals surface area contributed by atoms with Crippen LogP contribution < -0.4 is 0 Å². The molecule has 0 amide bonds. The van der Waals surface area contributed by atoms with E-state index < -0.39 is 11.7 Å². The van der Waals surface area contributed by atoms with Crippen LogP contribution in [0.5, 0.6) is 0 Å². The molecule has 1 aliphatic carbocycles. The Bertz CT molecular complexity index is 255. The predicted molar refractivity (Wildman–Crippen MR) is 54.0 cm³/mol. The smallest absolute Gasteiger partial charge is 0.167 e. The maximum atomic E-state index is 11.6. The summed E-state index contributed by atoms with van der Waals surface area (Å²) >= 11 is 0. The lowest BCUT2D eigenvalue weighted by molar-refractivity contribution is -0.159. The lowest BCUT2D eigenvalue weighted by Crippen LogP contribution is -2.52. The number of Topliss-reactive ketones (excluding diaryl/α,β-unsaturated/α-hetero) is 1. The third-order valence-electron chi connectivity index (χ3n) is 3.10. The van der Waals surface area contributed by atoms with Crippen LogP contribution in [0.1, 0.15) is 26.7 Å². The lowest BCUT2D eigenvalue weighted by atomic mass is 9.74. The molecule has 14 heavy (non-hydrogen) atoms.